The fourth-order valence-electron chi connectivity index (χ4n) is 3.83. The molecule has 24 heavy (non-hydrogen) atoms. The molecule has 0 saturated carbocycles. The van der Waals surface area contributed by atoms with E-state index in [1.165, 1.54) is 14.7 Å². The first-order valence-electron chi connectivity index (χ1n) is 8.33. The average Bonchev–Trinajstić information content (AvgIpc) is 3.00. The maximum Gasteiger partial charge on any atom is 0.223 e. The topological polar surface area (TPSA) is 58.4 Å². The van der Waals surface area contributed by atoms with E-state index in [0.29, 0.717) is 6.42 Å². The van der Waals surface area contributed by atoms with Crippen LogP contribution in [0, 0.1) is 3.57 Å². The van der Waals surface area contributed by atoms with Crippen LogP contribution in [0.3, 0.4) is 0 Å². The molecule has 2 atom stereocenters. The fraction of sp³-hybridized carbons (Fsp3) is 0.316. The first-order chi connectivity index (χ1) is 11.6. The van der Waals surface area contributed by atoms with Crippen LogP contribution in [0.4, 0.5) is 11.4 Å². The molecule has 5 heteroatoms. The molecule has 1 saturated heterocycles. The lowest BCUT2D eigenvalue weighted by molar-refractivity contribution is -0.130. The van der Waals surface area contributed by atoms with Gasteiger partial charge in [0, 0.05) is 27.9 Å². The second kappa shape index (κ2) is 6.27. The van der Waals surface area contributed by atoms with Gasteiger partial charge in [0.05, 0.1) is 12.1 Å². The van der Waals surface area contributed by atoms with Crippen LogP contribution in [0.5, 0.6) is 0 Å². The molecular weight excluding hydrogens is 413 g/mol. The summed E-state index contributed by atoms with van der Waals surface area (Å²) < 4.78 is 1.20. The molecule has 1 amide bonds. The van der Waals surface area contributed by atoms with Gasteiger partial charge in [0.15, 0.2) is 0 Å². The van der Waals surface area contributed by atoms with E-state index in [-0.39, 0.29) is 18.0 Å². The third-order valence-corrected chi connectivity index (χ3v) is 5.63. The lowest BCUT2D eigenvalue weighted by Gasteiger charge is -2.38. The summed E-state index contributed by atoms with van der Waals surface area (Å²) in [5, 5.41) is 3.64. The summed E-state index contributed by atoms with van der Waals surface area (Å²) in [6.07, 6.45) is 2.51. The van der Waals surface area contributed by atoms with E-state index in [1.807, 2.05) is 18.2 Å². The minimum atomic E-state index is 0.136. The van der Waals surface area contributed by atoms with Crippen molar-refractivity contribution in [2.24, 2.45) is 0 Å². The van der Waals surface area contributed by atoms with Crippen molar-refractivity contribution in [1.29, 1.82) is 0 Å². The van der Waals surface area contributed by atoms with Crippen LogP contribution in [0.15, 0.2) is 42.5 Å². The van der Waals surface area contributed by atoms with E-state index >= 15 is 0 Å². The molecule has 0 aromatic heterocycles. The maximum atomic E-state index is 12.3. The molecule has 0 unspecified atom stereocenters. The van der Waals surface area contributed by atoms with E-state index in [9.17, 15) is 4.79 Å². The molecule has 0 bridgehead atoms. The van der Waals surface area contributed by atoms with E-state index in [0.717, 1.165) is 30.8 Å². The number of hydrogen-bond donors (Lipinski definition) is 2. The van der Waals surface area contributed by atoms with Gasteiger partial charge in [-0.15, -0.1) is 0 Å². The zero-order chi connectivity index (χ0) is 16.7. The number of nitrogens with one attached hydrogen (secondary N) is 1. The number of likely N-dealkylation sites (tertiary alicyclic amines) is 1. The van der Waals surface area contributed by atoms with Crippen LogP contribution in [0.2, 0.25) is 0 Å². The number of carbonyl (C=O) groups excluding carboxylic acids is 1. The number of carbonyl (C=O) groups is 1. The van der Waals surface area contributed by atoms with Gasteiger partial charge in [-0.05, 0) is 76.9 Å². The minimum absolute atomic E-state index is 0.136. The van der Waals surface area contributed by atoms with Gasteiger partial charge in [0.25, 0.3) is 0 Å². The third-order valence-electron chi connectivity index (χ3n) is 4.96. The number of fused-ring (bicyclic) bond motifs is 1. The van der Waals surface area contributed by atoms with Gasteiger partial charge in [0.1, 0.15) is 0 Å². The Bertz CT molecular complexity index is 792. The average molecular weight is 433 g/mol. The van der Waals surface area contributed by atoms with Crippen LogP contribution in [-0.2, 0) is 4.79 Å². The Kier molecular flexibility index (Phi) is 4.12. The number of hydrogen-bond acceptors (Lipinski definition) is 3. The number of nitrogens with zero attached hydrogens (tertiary/aromatic N) is 1. The van der Waals surface area contributed by atoms with E-state index < -0.39 is 0 Å². The Balaban J connectivity index is 1.74. The maximum absolute atomic E-state index is 12.3. The number of nitrogen functional groups attached to an aromatic ring is 1. The zero-order valence-electron chi connectivity index (χ0n) is 13.3. The first-order valence-corrected chi connectivity index (χ1v) is 9.40. The predicted molar refractivity (Wildman–Crippen MR) is 105 cm³/mol. The van der Waals surface area contributed by atoms with Crippen molar-refractivity contribution < 1.29 is 4.79 Å². The Hall–Kier alpha value is -1.76. The molecule has 2 aliphatic rings. The highest BCUT2D eigenvalue weighted by molar-refractivity contribution is 14.1. The molecule has 2 aliphatic heterocycles. The third kappa shape index (κ3) is 2.85. The number of anilines is 2. The van der Waals surface area contributed by atoms with Gasteiger partial charge in [-0.25, -0.2) is 0 Å². The molecule has 2 heterocycles. The van der Waals surface area contributed by atoms with Gasteiger partial charge in [-0.2, -0.15) is 0 Å². The number of amides is 1. The number of nitrogens with two attached hydrogens (primary N) is 1. The van der Waals surface area contributed by atoms with Crippen molar-refractivity contribution in [3.05, 3.63) is 57.2 Å². The highest BCUT2D eigenvalue weighted by atomic mass is 127. The monoisotopic (exact) mass is 433 g/mol. The van der Waals surface area contributed by atoms with Crippen molar-refractivity contribution >= 4 is 39.9 Å². The zero-order valence-corrected chi connectivity index (χ0v) is 15.5. The van der Waals surface area contributed by atoms with Gasteiger partial charge in [0.2, 0.25) is 5.91 Å². The predicted octanol–water partition coefficient (Wildman–Crippen LogP) is 4.09. The summed E-state index contributed by atoms with van der Waals surface area (Å²) in [6, 6.07) is 14.8. The molecule has 2 aromatic carbocycles. The minimum Gasteiger partial charge on any atom is -0.399 e. The van der Waals surface area contributed by atoms with Crippen LogP contribution in [0.1, 0.15) is 42.5 Å². The van der Waals surface area contributed by atoms with Crippen LogP contribution < -0.4 is 11.1 Å². The lowest BCUT2D eigenvalue weighted by atomic mass is 9.88. The van der Waals surface area contributed by atoms with Gasteiger partial charge in [-0.1, -0.05) is 12.1 Å². The highest BCUT2D eigenvalue weighted by Gasteiger charge is 2.35. The van der Waals surface area contributed by atoms with Gasteiger partial charge in [-0.3, -0.25) is 4.79 Å². The lowest BCUT2D eigenvalue weighted by Crippen LogP contribution is -2.35. The molecule has 2 aromatic rings. The smallest absolute Gasteiger partial charge is 0.223 e. The SMILES string of the molecule is Nc1cccc([C@@H]2C[C@H](N3CCCC3=O)c3cc(I)ccc3N2)c1. The van der Waals surface area contributed by atoms with Gasteiger partial charge < -0.3 is 16.0 Å². The molecule has 0 radical (unpaired) electrons. The van der Waals surface area contributed by atoms with Crippen molar-refractivity contribution in [2.45, 2.75) is 31.3 Å². The van der Waals surface area contributed by atoms with Crippen LogP contribution >= 0.6 is 22.6 Å². The molecule has 0 spiro atoms. The van der Waals surface area contributed by atoms with Gasteiger partial charge >= 0.3 is 0 Å². The molecule has 4 nitrogen and oxygen atoms in total. The summed E-state index contributed by atoms with van der Waals surface area (Å²) in [6.45, 7) is 0.859. The highest BCUT2D eigenvalue weighted by Crippen LogP contribution is 2.43. The standard InChI is InChI=1S/C19H20IN3O/c20-13-6-7-16-15(10-13)18(23-8-2-5-19(23)24)11-17(22-16)12-3-1-4-14(21)9-12/h1,3-4,6-7,9-10,17-18,22H,2,5,8,11,21H2/t17-,18-/m0/s1. The molecule has 4 rings (SSSR count). The van der Waals surface area contributed by atoms with Crippen molar-refractivity contribution in [2.75, 3.05) is 17.6 Å². The quantitative estimate of drug-likeness (QED) is 0.554. The molecule has 0 aliphatic carbocycles. The Morgan fingerprint density at radius 2 is 2.08 bits per heavy atom. The van der Waals surface area contributed by atoms with Crippen molar-refractivity contribution in [1.82, 2.24) is 4.90 Å². The van der Waals surface area contributed by atoms with E-state index in [4.69, 9.17) is 5.73 Å². The summed E-state index contributed by atoms with van der Waals surface area (Å²) in [5.41, 5.74) is 10.3. The second-order valence-corrected chi connectivity index (χ2v) is 7.79. The Labute approximate surface area is 155 Å². The first kappa shape index (κ1) is 15.7. The molecule has 124 valence electrons. The number of rotatable bonds is 2. The summed E-state index contributed by atoms with van der Waals surface area (Å²) in [7, 11) is 0. The summed E-state index contributed by atoms with van der Waals surface area (Å²) in [5.74, 6) is 0.276. The second-order valence-electron chi connectivity index (χ2n) is 6.54. The largest absolute Gasteiger partial charge is 0.399 e. The molecule has 3 N–H and O–H groups in total. The number of halogens is 1. The van der Waals surface area contributed by atoms with Crippen molar-refractivity contribution in [3.8, 4) is 0 Å². The number of benzene rings is 2. The fourth-order valence-corrected chi connectivity index (χ4v) is 4.34. The van der Waals surface area contributed by atoms with E-state index in [1.54, 1.807) is 0 Å². The Morgan fingerprint density at radius 3 is 2.83 bits per heavy atom. The normalized spacial score (nSPS) is 23.0. The molecule has 1 fully saturated rings. The van der Waals surface area contributed by atoms with E-state index in [2.05, 4.69) is 57.1 Å². The summed E-state index contributed by atoms with van der Waals surface area (Å²) in [4.78, 5) is 14.4. The summed E-state index contributed by atoms with van der Waals surface area (Å²) >= 11 is 2.34. The van der Waals surface area contributed by atoms with Crippen LogP contribution in [0.25, 0.3) is 0 Å². The van der Waals surface area contributed by atoms with Crippen LogP contribution in [-0.4, -0.2) is 17.4 Å². The van der Waals surface area contributed by atoms with Crippen molar-refractivity contribution in [3.63, 3.8) is 0 Å². The molecular formula is C19H20IN3O. The Morgan fingerprint density at radius 1 is 1.21 bits per heavy atom.